The number of hydrogen-bond donors (Lipinski definition) is 1. The fraction of sp³-hybridized carbons (Fsp3) is 0.278. The number of sulfonamides is 1. The van der Waals surface area contributed by atoms with Gasteiger partial charge in [0.05, 0.1) is 24.1 Å². The first kappa shape index (κ1) is 20.9. The molecule has 11 heteroatoms. The molecular weight excluding hydrogens is 422 g/mol. The van der Waals surface area contributed by atoms with Gasteiger partial charge in [-0.3, -0.25) is 4.79 Å². The van der Waals surface area contributed by atoms with Crippen LogP contribution in [-0.4, -0.2) is 57.0 Å². The Morgan fingerprint density at radius 2 is 2.07 bits per heavy atom. The predicted octanol–water partition coefficient (Wildman–Crippen LogP) is 1.64. The van der Waals surface area contributed by atoms with Crippen molar-refractivity contribution in [3.05, 3.63) is 46.6 Å². The molecule has 9 nitrogen and oxygen atoms in total. The second-order valence-electron chi connectivity index (χ2n) is 6.27. The van der Waals surface area contributed by atoms with Crippen LogP contribution >= 0.6 is 11.6 Å². The molecule has 154 valence electrons. The quantitative estimate of drug-likeness (QED) is 0.693. The van der Waals surface area contributed by atoms with Crippen LogP contribution in [0, 0.1) is 6.92 Å². The zero-order valence-electron chi connectivity index (χ0n) is 15.6. The maximum absolute atomic E-state index is 12.2. The van der Waals surface area contributed by atoms with Crippen LogP contribution in [-0.2, 0) is 24.3 Å². The number of fused-ring (bicyclic) bond motifs is 1. The molecule has 0 spiro atoms. The molecule has 3 rings (SSSR count). The van der Waals surface area contributed by atoms with Crippen molar-refractivity contribution >= 4 is 45.0 Å². The number of rotatable bonds is 5. The van der Waals surface area contributed by atoms with Gasteiger partial charge >= 0.3 is 5.97 Å². The van der Waals surface area contributed by atoms with Crippen LogP contribution in [0.5, 0.6) is 5.75 Å². The second-order valence-corrected chi connectivity index (χ2v) is 8.43. The molecule has 2 aliphatic rings. The molecule has 1 aromatic carbocycles. The number of amides is 1. The van der Waals surface area contributed by atoms with Crippen molar-refractivity contribution in [3.8, 4) is 5.75 Å². The molecule has 0 bridgehead atoms. The SMILES string of the molecule is COc1cc(Cl)c(C)cc1NC(=O)COC(=O)C1=CN2CCS(=O)(=O)N=C2C=C1. The van der Waals surface area contributed by atoms with E-state index < -0.39 is 28.5 Å². The van der Waals surface area contributed by atoms with Gasteiger partial charge < -0.3 is 19.7 Å². The number of benzene rings is 1. The Morgan fingerprint density at radius 3 is 2.79 bits per heavy atom. The number of amidine groups is 1. The molecule has 0 unspecified atom stereocenters. The number of carbonyl (C=O) groups is 2. The number of nitrogens with one attached hydrogen (secondary N) is 1. The first-order chi connectivity index (χ1) is 13.7. The molecule has 2 heterocycles. The molecular formula is C18H18ClN3O6S. The summed E-state index contributed by atoms with van der Waals surface area (Å²) in [5, 5.41) is 3.10. The van der Waals surface area contributed by atoms with Crippen LogP contribution in [0.2, 0.25) is 5.02 Å². The van der Waals surface area contributed by atoms with Crippen molar-refractivity contribution in [1.82, 2.24) is 4.90 Å². The normalized spacial score (nSPS) is 17.0. The average Bonchev–Trinajstić information content (AvgIpc) is 2.67. The van der Waals surface area contributed by atoms with Crippen LogP contribution in [0.1, 0.15) is 5.56 Å². The minimum atomic E-state index is -3.48. The Labute approximate surface area is 172 Å². The number of hydrogen-bond acceptors (Lipinski definition) is 7. The van der Waals surface area contributed by atoms with Gasteiger partial charge in [-0.25, -0.2) is 13.2 Å². The van der Waals surface area contributed by atoms with Gasteiger partial charge in [0.15, 0.2) is 6.61 Å². The fourth-order valence-electron chi connectivity index (χ4n) is 2.65. The highest BCUT2D eigenvalue weighted by Gasteiger charge is 2.25. The van der Waals surface area contributed by atoms with E-state index in [2.05, 4.69) is 9.71 Å². The predicted molar refractivity (Wildman–Crippen MR) is 107 cm³/mol. The minimum absolute atomic E-state index is 0.145. The monoisotopic (exact) mass is 439 g/mol. The Kier molecular flexibility index (Phi) is 5.94. The Balaban J connectivity index is 1.60. The largest absolute Gasteiger partial charge is 0.495 e. The Hall–Kier alpha value is -2.85. The molecule has 29 heavy (non-hydrogen) atoms. The van der Waals surface area contributed by atoms with Gasteiger partial charge in [0.25, 0.3) is 15.9 Å². The summed E-state index contributed by atoms with van der Waals surface area (Å²) in [5.74, 6) is -0.803. The summed E-state index contributed by atoms with van der Waals surface area (Å²) in [6, 6.07) is 3.23. The van der Waals surface area contributed by atoms with Crippen LogP contribution < -0.4 is 10.1 Å². The highest BCUT2D eigenvalue weighted by Crippen LogP contribution is 2.30. The van der Waals surface area contributed by atoms with Crippen LogP contribution in [0.3, 0.4) is 0 Å². The lowest BCUT2D eigenvalue weighted by Gasteiger charge is -2.26. The number of aryl methyl sites for hydroxylation is 1. The molecule has 1 aromatic rings. The number of carbonyl (C=O) groups excluding carboxylic acids is 2. The van der Waals surface area contributed by atoms with E-state index in [4.69, 9.17) is 21.1 Å². The lowest BCUT2D eigenvalue weighted by atomic mass is 10.2. The van der Waals surface area contributed by atoms with Crippen LogP contribution in [0.25, 0.3) is 0 Å². The van der Waals surface area contributed by atoms with E-state index >= 15 is 0 Å². The van der Waals surface area contributed by atoms with Gasteiger partial charge in [-0.05, 0) is 30.7 Å². The van der Waals surface area contributed by atoms with Crippen molar-refractivity contribution in [2.24, 2.45) is 4.40 Å². The molecule has 0 aromatic heterocycles. The zero-order chi connectivity index (χ0) is 21.2. The van der Waals surface area contributed by atoms with E-state index in [0.717, 1.165) is 5.56 Å². The molecule has 2 aliphatic heterocycles. The van der Waals surface area contributed by atoms with Gasteiger partial charge in [0.2, 0.25) is 0 Å². The summed E-state index contributed by atoms with van der Waals surface area (Å²) < 4.78 is 36.9. The van der Waals surface area contributed by atoms with Crippen molar-refractivity contribution in [2.45, 2.75) is 6.92 Å². The van der Waals surface area contributed by atoms with Crippen molar-refractivity contribution < 1.29 is 27.5 Å². The number of nitrogens with zero attached hydrogens (tertiary/aromatic N) is 2. The number of methoxy groups -OCH3 is 1. The molecule has 0 aliphatic carbocycles. The van der Waals surface area contributed by atoms with Gasteiger partial charge in [-0.2, -0.15) is 0 Å². The maximum atomic E-state index is 12.2. The number of anilines is 1. The van der Waals surface area contributed by atoms with Crippen molar-refractivity contribution in [3.63, 3.8) is 0 Å². The van der Waals surface area contributed by atoms with Gasteiger partial charge in [-0.15, -0.1) is 4.40 Å². The molecule has 0 radical (unpaired) electrons. The topological polar surface area (TPSA) is 114 Å². The number of halogens is 1. The summed E-state index contributed by atoms with van der Waals surface area (Å²) in [7, 11) is -2.03. The number of esters is 1. The van der Waals surface area contributed by atoms with Crippen LogP contribution in [0.15, 0.2) is 40.5 Å². The smallest absolute Gasteiger partial charge is 0.340 e. The third kappa shape index (κ3) is 4.96. The Morgan fingerprint density at radius 1 is 1.31 bits per heavy atom. The van der Waals surface area contributed by atoms with E-state index in [-0.39, 0.29) is 23.7 Å². The minimum Gasteiger partial charge on any atom is -0.495 e. The lowest BCUT2D eigenvalue weighted by Crippen LogP contribution is -2.37. The average molecular weight is 440 g/mol. The van der Waals surface area contributed by atoms with E-state index in [1.165, 1.54) is 25.5 Å². The van der Waals surface area contributed by atoms with E-state index in [1.807, 2.05) is 0 Å². The summed E-state index contributed by atoms with van der Waals surface area (Å²) in [5.41, 5.74) is 1.33. The number of ether oxygens (including phenoxy) is 2. The molecule has 0 fully saturated rings. The van der Waals surface area contributed by atoms with Crippen LogP contribution in [0.4, 0.5) is 5.69 Å². The lowest BCUT2D eigenvalue weighted by molar-refractivity contribution is -0.143. The second kappa shape index (κ2) is 8.26. The first-order valence-corrected chi connectivity index (χ1v) is 10.5. The zero-order valence-corrected chi connectivity index (χ0v) is 17.2. The molecule has 0 saturated carbocycles. The summed E-state index contributed by atoms with van der Waals surface area (Å²) in [6.45, 7) is 1.45. The molecule has 0 saturated heterocycles. The van der Waals surface area contributed by atoms with E-state index in [1.54, 1.807) is 24.0 Å². The molecule has 0 atom stereocenters. The van der Waals surface area contributed by atoms with Crippen molar-refractivity contribution in [1.29, 1.82) is 0 Å². The van der Waals surface area contributed by atoms with Crippen molar-refractivity contribution in [2.75, 3.05) is 31.3 Å². The van der Waals surface area contributed by atoms with E-state index in [9.17, 15) is 18.0 Å². The summed E-state index contributed by atoms with van der Waals surface area (Å²) in [4.78, 5) is 25.9. The highest BCUT2D eigenvalue weighted by atomic mass is 35.5. The third-order valence-corrected chi connectivity index (χ3v) is 5.72. The first-order valence-electron chi connectivity index (χ1n) is 8.49. The standard InChI is InChI=1S/C18H18ClN3O6S/c1-11-7-14(15(27-2)8-13(11)19)20-17(23)10-28-18(24)12-3-4-16-21-29(25,26)6-5-22(16)9-12/h3-4,7-9H,5-6,10H2,1-2H3,(H,20,23). The highest BCUT2D eigenvalue weighted by molar-refractivity contribution is 7.90. The molecule has 1 N–H and O–H groups in total. The van der Waals surface area contributed by atoms with Gasteiger partial charge in [0, 0.05) is 23.8 Å². The van der Waals surface area contributed by atoms with Gasteiger partial charge in [-0.1, -0.05) is 11.6 Å². The van der Waals surface area contributed by atoms with E-state index in [0.29, 0.717) is 16.5 Å². The molecule has 1 amide bonds. The Bertz CT molecular complexity index is 1060. The summed E-state index contributed by atoms with van der Waals surface area (Å²) in [6.07, 6.45) is 4.25. The fourth-order valence-corrected chi connectivity index (χ4v) is 3.78. The van der Waals surface area contributed by atoms with Gasteiger partial charge in [0.1, 0.15) is 11.6 Å². The maximum Gasteiger partial charge on any atom is 0.340 e. The third-order valence-electron chi connectivity index (χ3n) is 4.15. The summed E-state index contributed by atoms with van der Waals surface area (Å²) >= 11 is 6.03.